The van der Waals surface area contributed by atoms with E-state index in [9.17, 15) is 4.79 Å². The first-order valence-corrected chi connectivity index (χ1v) is 9.62. The van der Waals surface area contributed by atoms with Crippen molar-refractivity contribution in [1.29, 1.82) is 0 Å². The number of hydrogen-bond acceptors (Lipinski definition) is 6. The van der Waals surface area contributed by atoms with Crippen LogP contribution >= 0.6 is 11.8 Å². The number of carbonyl (C=O) groups excluding carboxylic acids is 1. The van der Waals surface area contributed by atoms with Gasteiger partial charge in [-0.3, -0.25) is 4.79 Å². The lowest BCUT2D eigenvalue weighted by Crippen LogP contribution is -2.46. The van der Waals surface area contributed by atoms with Gasteiger partial charge in [-0.2, -0.15) is 0 Å². The van der Waals surface area contributed by atoms with E-state index < -0.39 is 0 Å². The van der Waals surface area contributed by atoms with E-state index >= 15 is 0 Å². The van der Waals surface area contributed by atoms with E-state index in [0.29, 0.717) is 0 Å². The van der Waals surface area contributed by atoms with Gasteiger partial charge >= 0.3 is 0 Å². The second-order valence-corrected chi connectivity index (χ2v) is 7.58. The third-order valence-corrected chi connectivity index (χ3v) is 5.63. The summed E-state index contributed by atoms with van der Waals surface area (Å²) in [6.07, 6.45) is 7.57. The molecular weight excluding hydrogens is 336 g/mol. The lowest BCUT2D eigenvalue weighted by Gasteiger charge is -2.28. The molecule has 3 N–H and O–H groups in total. The highest BCUT2D eigenvalue weighted by Crippen LogP contribution is 2.30. The number of aromatic nitrogens is 3. The molecule has 2 aromatic rings. The summed E-state index contributed by atoms with van der Waals surface area (Å²) in [7, 11) is 0. The molecule has 0 unspecified atom stereocenters. The zero-order valence-electron chi connectivity index (χ0n) is 14.2. The number of anilines is 1. The number of aromatic amines is 1. The maximum Gasteiger partial charge on any atom is 0.259 e. The third-order valence-electron chi connectivity index (χ3n) is 4.64. The number of aryl methyl sites for hydroxylation is 1. The zero-order chi connectivity index (χ0) is 17.2. The number of fused-ring (bicyclic) bond motifs is 1. The molecule has 0 radical (unpaired) electrons. The Kier molecular flexibility index (Phi) is 4.63. The van der Waals surface area contributed by atoms with E-state index in [-0.39, 0.29) is 11.9 Å². The van der Waals surface area contributed by atoms with Crippen LogP contribution in [0.3, 0.4) is 0 Å². The van der Waals surface area contributed by atoms with Gasteiger partial charge in [0.1, 0.15) is 17.8 Å². The summed E-state index contributed by atoms with van der Waals surface area (Å²) in [5.74, 6) is 1.73. The van der Waals surface area contributed by atoms with Crippen molar-refractivity contribution in [3.63, 3.8) is 0 Å². The second kappa shape index (κ2) is 7.05. The van der Waals surface area contributed by atoms with Gasteiger partial charge in [0, 0.05) is 37.3 Å². The van der Waals surface area contributed by atoms with Crippen LogP contribution in [0.4, 0.5) is 5.82 Å². The lowest BCUT2D eigenvalue weighted by molar-refractivity contribution is -0.117. The molecule has 1 atom stereocenters. The molecule has 0 aromatic carbocycles. The molecule has 0 saturated carbocycles. The molecule has 1 saturated heterocycles. The fourth-order valence-electron chi connectivity index (χ4n) is 3.34. The van der Waals surface area contributed by atoms with Crippen molar-refractivity contribution in [3.05, 3.63) is 29.2 Å². The van der Waals surface area contributed by atoms with Crippen LogP contribution in [0, 0.1) is 6.92 Å². The van der Waals surface area contributed by atoms with Crippen molar-refractivity contribution in [2.45, 2.75) is 25.8 Å². The Morgan fingerprint density at radius 3 is 3.20 bits per heavy atom. The van der Waals surface area contributed by atoms with Crippen molar-refractivity contribution in [2.24, 2.45) is 0 Å². The molecule has 1 fully saturated rings. The normalized spacial score (nSPS) is 21.2. The first-order valence-electron chi connectivity index (χ1n) is 8.64. The molecule has 8 heteroatoms. The molecule has 0 bridgehead atoms. The molecule has 0 spiro atoms. The van der Waals surface area contributed by atoms with Gasteiger partial charge < -0.3 is 20.5 Å². The standard InChI is InChI=1S/C17H22N6OS/c1-11-7-19-15-14(11)16(21-10-20-15)23-5-6-25-13(9-23)17(24)22-12-3-2-4-18-8-12/h7,9-10,12,18H,2-6,8H2,1H3,(H,22,24)(H,19,20,21)/t12-/m1/s1. The van der Waals surface area contributed by atoms with Crippen molar-refractivity contribution in [2.75, 3.05) is 30.3 Å². The average molecular weight is 358 g/mol. The maximum atomic E-state index is 12.6. The fourth-order valence-corrected chi connectivity index (χ4v) is 4.24. The topological polar surface area (TPSA) is 85.9 Å². The van der Waals surface area contributed by atoms with E-state index in [4.69, 9.17) is 0 Å². The van der Waals surface area contributed by atoms with E-state index in [2.05, 4.69) is 30.5 Å². The van der Waals surface area contributed by atoms with Crippen LogP contribution in [-0.2, 0) is 4.79 Å². The lowest BCUT2D eigenvalue weighted by atomic mass is 10.1. The summed E-state index contributed by atoms with van der Waals surface area (Å²) in [6, 6.07) is 0.218. The first kappa shape index (κ1) is 16.4. The molecule has 0 aliphatic carbocycles. The minimum atomic E-state index is 0.0134. The van der Waals surface area contributed by atoms with E-state index in [1.807, 2.05) is 19.3 Å². The van der Waals surface area contributed by atoms with Gasteiger partial charge in [-0.05, 0) is 31.9 Å². The Morgan fingerprint density at radius 1 is 1.44 bits per heavy atom. The average Bonchev–Trinajstić information content (AvgIpc) is 3.04. The number of H-pyrrole nitrogens is 1. The number of hydrogen-bond donors (Lipinski definition) is 3. The van der Waals surface area contributed by atoms with Crippen LogP contribution in [-0.4, -0.2) is 52.3 Å². The second-order valence-electron chi connectivity index (χ2n) is 6.44. The van der Waals surface area contributed by atoms with Gasteiger partial charge in [-0.1, -0.05) is 0 Å². The first-order chi connectivity index (χ1) is 12.2. The predicted molar refractivity (Wildman–Crippen MR) is 101 cm³/mol. The van der Waals surface area contributed by atoms with Crippen LogP contribution in [0.1, 0.15) is 18.4 Å². The van der Waals surface area contributed by atoms with Crippen molar-refractivity contribution in [3.8, 4) is 0 Å². The smallest absolute Gasteiger partial charge is 0.259 e. The minimum absolute atomic E-state index is 0.0134. The van der Waals surface area contributed by atoms with Gasteiger partial charge in [0.2, 0.25) is 0 Å². The van der Waals surface area contributed by atoms with Gasteiger partial charge in [-0.25, -0.2) is 9.97 Å². The highest BCUT2D eigenvalue weighted by molar-refractivity contribution is 8.04. The van der Waals surface area contributed by atoms with E-state index in [1.165, 1.54) is 0 Å². The number of piperidine rings is 1. The number of nitrogens with zero attached hydrogens (tertiary/aromatic N) is 3. The largest absolute Gasteiger partial charge is 0.348 e. The van der Waals surface area contributed by atoms with Gasteiger partial charge in [0.15, 0.2) is 0 Å². The Hall–Kier alpha value is -2.06. The molecule has 2 aliphatic heterocycles. The molecule has 2 aromatic heterocycles. The Labute approximate surface area is 150 Å². The molecule has 25 heavy (non-hydrogen) atoms. The van der Waals surface area contributed by atoms with E-state index in [1.54, 1.807) is 18.1 Å². The van der Waals surface area contributed by atoms with Crippen LogP contribution in [0.25, 0.3) is 11.0 Å². The van der Waals surface area contributed by atoms with Crippen molar-refractivity contribution >= 4 is 34.5 Å². The Balaban J connectivity index is 1.57. The molecule has 1 amide bonds. The predicted octanol–water partition coefficient (Wildman–Crippen LogP) is 1.53. The van der Waals surface area contributed by atoms with Gasteiger partial charge in [-0.15, -0.1) is 11.8 Å². The third kappa shape index (κ3) is 3.36. The van der Waals surface area contributed by atoms with Crippen LogP contribution in [0.5, 0.6) is 0 Å². The summed E-state index contributed by atoms with van der Waals surface area (Å²) < 4.78 is 0. The molecule has 132 valence electrons. The molecule has 4 rings (SSSR count). The number of carbonyl (C=O) groups is 1. The Bertz CT molecular complexity index is 811. The summed E-state index contributed by atoms with van der Waals surface area (Å²) in [4.78, 5) is 27.4. The highest BCUT2D eigenvalue weighted by Gasteiger charge is 2.23. The number of nitrogens with one attached hydrogen (secondary N) is 3. The summed E-state index contributed by atoms with van der Waals surface area (Å²) in [5.41, 5.74) is 1.94. The maximum absolute atomic E-state index is 12.6. The number of rotatable bonds is 3. The van der Waals surface area contributed by atoms with Gasteiger partial charge in [0.05, 0.1) is 10.3 Å². The van der Waals surface area contributed by atoms with Crippen LogP contribution in [0.15, 0.2) is 23.6 Å². The van der Waals surface area contributed by atoms with Gasteiger partial charge in [0.25, 0.3) is 5.91 Å². The quantitative estimate of drug-likeness (QED) is 0.771. The Morgan fingerprint density at radius 2 is 2.36 bits per heavy atom. The molecule has 4 heterocycles. The van der Waals surface area contributed by atoms with E-state index in [0.717, 1.165) is 65.5 Å². The van der Waals surface area contributed by atoms with Crippen molar-refractivity contribution < 1.29 is 4.79 Å². The minimum Gasteiger partial charge on any atom is -0.348 e. The van der Waals surface area contributed by atoms with Crippen LogP contribution < -0.4 is 15.5 Å². The van der Waals surface area contributed by atoms with Crippen molar-refractivity contribution in [1.82, 2.24) is 25.6 Å². The monoisotopic (exact) mass is 358 g/mol. The molecular formula is C17H22N6OS. The fraction of sp³-hybridized carbons (Fsp3) is 0.471. The highest BCUT2D eigenvalue weighted by atomic mass is 32.2. The zero-order valence-corrected chi connectivity index (χ0v) is 15.0. The number of amides is 1. The SMILES string of the molecule is Cc1c[nH]c2ncnc(N3C=C(C(=O)N[C@@H]4CCCNC4)SCC3)c12. The molecule has 7 nitrogen and oxygen atoms in total. The van der Waals surface area contributed by atoms with Crippen LogP contribution in [0.2, 0.25) is 0 Å². The summed E-state index contributed by atoms with van der Waals surface area (Å²) in [6.45, 7) is 4.75. The molecule has 2 aliphatic rings. The summed E-state index contributed by atoms with van der Waals surface area (Å²) >= 11 is 1.61. The number of thioether (sulfide) groups is 1. The summed E-state index contributed by atoms with van der Waals surface area (Å²) in [5, 5.41) is 7.49.